The Labute approximate surface area is 262 Å². The molecule has 0 amide bonds. The molecule has 44 heavy (non-hydrogen) atoms. The molecule has 0 saturated carbocycles. The van der Waals surface area contributed by atoms with Gasteiger partial charge in [-0.3, -0.25) is 4.99 Å². The molecule has 6 aliphatic rings. The fourth-order valence-corrected chi connectivity index (χ4v) is 8.20. The molecular weight excluding hydrogens is 532 g/mol. The van der Waals surface area contributed by atoms with E-state index in [0.717, 1.165) is 31.5 Å². The third-order valence-corrected chi connectivity index (χ3v) is 10.3. The van der Waals surface area contributed by atoms with E-state index in [1.54, 1.807) is 11.1 Å². The van der Waals surface area contributed by atoms with Gasteiger partial charge in [0.15, 0.2) is 0 Å². The summed E-state index contributed by atoms with van der Waals surface area (Å²) >= 11 is 0. The first kappa shape index (κ1) is 27.1. The van der Waals surface area contributed by atoms with Gasteiger partial charge in [0, 0.05) is 11.6 Å². The molecule has 0 spiro atoms. The zero-order valence-corrected chi connectivity index (χ0v) is 26.0. The van der Waals surface area contributed by atoms with E-state index < -0.39 is 0 Å². The summed E-state index contributed by atoms with van der Waals surface area (Å²) in [5, 5.41) is 0. The molecule has 0 aromatic heterocycles. The number of fused-ring (bicyclic) bond motifs is 3. The molecular formula is C42H40N2. The van der Waals surface area contributed by atoms with Gasteiger partial charge in [0.1, 0.15) is 5.84 Å². The van der Waals surface area contributed by atoms with Crippen molar-refractivity contribution < 1.29 is 0 Å². The van der Waals surface area contributed by atoms with Crippen molar-refractivity contribution >= 4 is 22.7 Å². The second kappa shape index (κ2) is 10.6. The Kier molecular flexibility index (Phi) is 6.56. The van der Waals surface area contributed by atoms with E-state index in [0.29, 0.717) is 11.8 Å². The number of nitrogens with zero attached hydrogens (tertiary/aromatic N) is 2. The number of para-hydroxylation sites is 1. The van der Waals surface area contributed by atoms with Crippen LogP contribution in [0.5, 0.6) is 0 Å². The van der Waals surface area contributed by atoms with Crippen LogP contribution in [0.1, 0.15) is 57.6 Å². The molecule has 5 aliphatic carbocycles. The number of anilines is 1. The van der Waals surface area contributed by atoms with E-state index in [1.165, 1.54) is 44.7 Å². The molecule has 0 N–H and O–H groups in total. The fourth-order valence-electron chi connectivity index (χ4n) is 8.20. The number of aliphatic imine (C=N–C) groups is 1. The molecule has 0 radical (unpaired) electrons. The van der Waals surface area contributed by atoms with Crippen LogP contribution in [-0.4, -0.2) is 17.4 Å². The van der Waals surface area contributed by atoms with E-state index in [-0.39, 0.29) is 11.6 Å². The van der Waals surface area contributed by atoms with Gasteiger partial charge in [-0.1, -0.05) is 110 Å². The van der Waals surface area contributed by atoms with Gasteiger partial charge < -0.3 is 4.90 Å². The van der Waals surface area contributed by atoms with Crippen LogP contribution in [-0.2, 0) is 0 Å². The van der Waals surface area contributed by atoms with Crippen molar-refractivity contribution in [3.63, 3.8) is 0 Å². The topological polar surface area (TPSA) is 15.6 Å². The Morgan fingerprint density at radius 1 is 0.864 bits per heavy atom. The highest BCUT2D eigenvalue weighted by Crippen LogP contribution is 2.51. The standard InChI is InChI=1S/C42H40N2/c1-28-17-19-31(20-18-28)40-35-13-7-9-15-37(35)41(38-16-10-8-14-36(38)40)32-23-21-30(22-24-32)33-25-26-39-42(3,27-33)44(29(2)43-39)34-11-5-4-6-12-34/h4-7,9-12,15-17,19-28,35,39H,8,13-14,18H2,1-3H3/t28?,35?,39?,42-/m1/s1. The van der Waals surface area contributed by atoms with Gasteiger partial charge in [-0.05, 0) is 114 Å². The molecule has 2 nitrogen and oxygen atoms in total. The summed E-state index contributed by atoms with van der Waals surface area (Å²) in [6.07, 6.45) is 30.5. The number of hydrogen-bond acceptors (Lipinski definition) is 2. The molecule has 2 heteroatoms. The molecule has 2 aromatic rings. The van der Waals surface area contributed by atoms with Crippen molar-refractivity contribution in [3.8, 4) is 0 Å². The van der Waals surface area contributed by atoms with Gasteiger partial charge >= 0.3 is 0 Å². The Morgan fingerprint density at radius 2 is 1.66 bits per heavy atom. The minimum atomic E-state index is -0.238. The lowest BCUT2D eigenvalue weighted by Gasteiger charge is -2.39. The highest BCUT2D eigenvalue weighted by Gasteiger charge is 2.45. The normalized spacial score (nSPS) is 28.7. The molecule has 218 valence electrons. The molecule has 1 aliphatic heterocycles. The highest BCUT2D eigenvalue weighted by atomic mass is 15.3. The summed E-state index contributed by atoms with van der Waals surface area (Å²) in [6, 6.07) is 20.1. The summed E-state index contributed by atoms with van der Waals surface area (Å²) in [6.45, 7) is 6.76. The Balaban J connectivity index is 1.19. The number of benzene rings is 2. The third kappa shape index (κ3) is 4.34. The fraction of sp³-hybridized carbons (Fsp3) is 0.262. The lowest BCUT2D eigenvalue weighted by molar-refractivity contribution is 0.548. The van der Waals surface area contributed by atoms with Crippen molar-refractivity contribution in [2.24, 2.45) is 16.8 Å². The summed E-state index contributed by atoms with van der Waals surface area (Å²) in [7, 11) is 0. The van der Waals surface area contributed by atoms with Crippen molar-refractivity contribution in [2.45, 2.75) is 58.0 Å². The van der Waals surface area contributed by atoms with Crippen molar-refractivity contribution in [2.75, 3.05) is 4.90 Å². The van der Waals surface area contributed by atoms with E-state index in [9.17, 15) is 0 Å². The van der Waals surface area contributed by atoms with Crippen molar-refractivity contribution in [3.05, 3.63) is 160 Å². The lowest BCUT2D eigenvalue weighted by atomic mass is 9.66. The Bertz CT molecular complexity index is 1830. The van der Waals surface area contributed by atoms with E-state index >= 15 is 0 Å². The zero-order chi connectivity index (χ0) is 29.8. The highest BCUT2D eigenvalue weighted by molar-refractivity contribution is 6.02. The minimum absolute atomic E-state index is 0.109. The Morgan fingerprint density at radius 3 is 2.45 bits per heavy atom. The second-order valence-electron chi connectivity index (χ2n) is 13.2. The van der Waals surface area contributed by atoms with Crippen molar-refractivity contribution in [1.82, 2.24) is 0 Å². The monoisotopic (exact) mass is 572 g/mol. The maximum absolute atomic E-state index is 5.04. The summed E-state index contributed by atoms with van der Waals surface area (Å²) in [4.78, 5) is 7.43. The molecule has 3 unspecified atom stereocenters. The molecule has 1 heterocycles. The lowest BCUT2D eigenvalue weighted by Crippen LogP contribution is -2.49. The SMILES string of the molecule is CC1=NC2C=CC(c3ccc(C4=C5C=CCCC5=C(C5=CCC(C)C=C5)C5CC=CC=C45)cc3)=C[C@@]2(C)N1c1ccccc1. The van der Waals surface area contributed by atoms with E-state index in [2.05, 4.69) is 147 Å². The average molecular weight is 573 g/mol. The maximum Gasteiger partial charge on any atom is 0.102 e. The van der Waals surface area contributed by atoms with Gasteiger partial charge in [0.05, 0.1) is 11.6 Å². The van der Waals surface area contributed by atoms with Gasteiger partial charge in [-0.2, -0.15) is 0 Å². The summed E-state index contributed by atoms with van der Waals surface area (Å²) < 4.78 is 0. The second-order valence-corrected chi connectivity index (χ2v) is 13.2. The van der Waals surface area contributed by atoms with E-state index in [1.807, 2.05) is 0 Å². The van der Waals surface area contributed by atoms with E-state index in [4.69, 9.17) is 4.99 Å². The van der Waals surface area contributed by atoms with Gasteiger partial charge in [-0.15, -0.1) is 0 Å². The smallest absolute Gasteiger partial charge is 0.102 e. The van der Waals surface area contributed by atoms with Crippen LogP contribution < -0.4 is 4.90 Å². The minimum Gasteiger partial charge on any atom is -0.318 e. The molecule has 0 bridgehead atoms. The first-order valence-corrected chi connectivity index (χ1v) is 16.3. The first-order valence-electron chi connectivity index (χ1n) is 16.3. The predicted molar refractivity (Wildman–Crippen MR) is 186 cm³/mol. The molecule has 0 saturated heterocycles. The van der Waals surface area contributed by atoms with Crippen LogP contribution >= 0.6 is 0 Å². The summed E-state index contributed by atoms with van der Waals surface area (Å²) in [5.41, 5.74) is 13.7. The third-order valence-electron chi connectivity index (χ3n) is 10.3. The van der Waals surface area contributed by atoms with Crippen LogP contribution in [0.25, 0.3) is 11.1 Å². The quantitative estimate of drug-likeness (QED) is 0.356. The number of amidine groups is 1. The largest absolute Gasteiger partial charge is 0.318 e. The predicted octanol–water partition coefficient (Wildman–Crippen LogP) is 10.1. The van der Waals surface area contributed by atoms with Gasteiger partial charge in [0.2, 0.25) is 0 Å². The molecule has 8 rings (SSSR count). The first-order chi connectivity index (χ1) is 21.5. The summed E-state index contributed by atoms with van der Waals surface area (Å²) in [5.74, 6) is 2.10. The van der Waals surface area contributed by atoms with Crippen LogP contribution in [0, 0.1) is 11.8 Å². The number of allylic oxidation sites excluding steroid dienone is 16. The van der Waals surface area contributed by atoms with Crippen LogP contribution in [0.3, 0.4) is 0 Å². The number of rotatable bonds is 4. The van der Waals surface area contributed by atoms with Crippen LogP contribution in [0.4, 0.5) is 5.69 Å². The molecule has 0 fully saturated rings. The van der Waals surface area contributed by atoms with Gasteiger partial charge in [-0.25, -0.2) is 0 Å². The van der Waals surface area contributed by atoms with Crippen molar-refractivity contribution in [1.29, 1.82) is 0 Å². The number of hydrogen-bond donors (Lipinski definition) is 0. The van der Waals surface area contributed by atoms with Crippen LogP contribution in [0.15, 0.2) is 154 Å². The molecule has 4 atom stereocenters. The van der Waals surface area contributed by atoms with Gasteiger partial charge in [0.25, 0.3) is 0 Å². The maximum atomic E-state index is 5.04. The van der Waals surface area contributed by atoms with Crippen LogP contribution in [0.2, 0.25) is 0 Å². The zero-order valence-electron chi connectivity index (χ0n) is 26.0. The average Bonchev–Trinajstić information content (AvgIpc) is 3.33. The Hall–Kier alpha value is -4.43. The molecule has 2 aromatic carbocycles.